The van der Waals surface area contributed by atoms with E-state index in [-0.39, 0.29) is 23.0 Å². The molecule has 3 rings (SSSR count). The molecule has 1 heterocycles. The molecule has 2 aromatic carbocycles. The first-order chi connectivity index (χ1) is 15.7. The fourth-order valence-electron chi connectivity index (χ4n) is 2.75. The van der Waals surface area contributed by atoms with Crippen molar-refractivity contribution in [2.45, 2.75) is 0 Å². The van der Waals surface area contributed by atoms with Crippen LogP contribution in [0.3, 0.4) is 0 Å². The fraction of sp³-hybridized carbons (Fsp3) is 0.143. The van der Waals surface area contributed by atoms with Crippen LogP contribution in [0.1, 0.15) is 5.56 Å². The average molecular weight is 539 g/mol. The number of aliphatic carboxylic acids is 1. The quantitative estimate of drug-likeness (QED) is 0.487. The Bertz CT molecular complexity index is 1150. The maximum absolute atomic E-state index is 13.0. The Balaban J connectivity index is 1.73. The van der Waals surface area contributed by atoms with Crippen LogP contribution in [0, 0.1) is 5.82 Å². The molecule has 1 fully saturated rings. The first-order valence-corrected chi connectivity index (χ1v) is 10.8. The number of rotatable bonds is 8. The van der Waals surface area contributed by atoms with Gasteiger partial charge in [0.05, 0.1) is 16.5 Å². The third-order valence-corrected chi connectivity index (χ3v) is 5.69. The van der Waals surface area contributed by atoms with E-state index in [0.717, 1.165) is 0 Å². The van der Waals surface area contributed by atoms with Crippen LogP contribution in [0.2, 0.25) is 0 Å². The number of nitrogens with zero attached hydrogens (tertiary/aromatic N) is 1. The van der Waals surface area contributed by atoms with Crippen molar-refractivity contribution in [1.82, 2.24) is 4.90 Å². The van der Waals surface area contributed by atoms with Gasteiger partial charge >= 0.3 is 5.97 Å². The second-order valence-electron chi connectivity index (χ2n) is 6.54. The molecule has 1 aliphatic heterocycles. The molecule has 1 aliphatic rings. The van der Waals surface area contributed by atoms with Gasteiger partial charge in [0.25, 0.3) is 17.1 Å². The lowest BCUT2D eigenvalue weighted by atomic mass is 10.2. The van der Waals surface area contributed by atoms with E-state index in [0.29, 0.717) is 32.4 Å². The number of halogens is 2. The predicted octanol–water partition coefficient (Wildman–Crippen LogP) is 3.74. The Hall–Kier alpha value is -3.38. The molecule has 0 atom stereocenters. The van der Waals surface area contributed by atoms with Crippen LogP contribution in [-0.4, -0.2) is 53.3 Å². The molecule has 0 spiro atoms. The molecule has 9 nitrogen and oxygen atoms in total. The second kappa shape index (κ2) is 10.5. The van der Waals surface area contributed by atoms with Crippen LogP contribution >= 0.6 is 27.7 Å². The Labute approximate surface area is 199 Å². The van der Waals surface area contributed by atoms with Crippen LogP contribution < -0.4 is 14.8 Å². The molecule has 0 aliphatic carbocycles. The zero-order valence-corrected chi connectivity index (χ0v) is 19.4. The van der Waals surface area contributed by atoms with Gasteiger partial charge in [-0.1, -0.05) is 0 Å². The summed E-state index contributed by atoms with van der Waals surface area (Å²) in [6.07, 6.45) is 1.42. The number of amides is 3. The van der Waals surface area contributed by atoms with Crippen molar-refractivity contribution in [3.05, 3.63) is 57.2 Å². The van der Waals surface area contributed by atoms with Crippen LogP contribution in [0.25, 0.3) is 6.08 Å². The molecule has 0 bridgehead atoms. The van der Waals surface area contributed by atoms with Gasteiger partial charge in [-0.25, -0.2) is 4.39 Å². The standard InChI is InChI=1S/C21H16BrFN2O7S/c1-31-15-7-11(8-16-20(29)25(9-18(27)28)21(30)33-16)6-14(22)19(15)32-10-17(26)24-13-4-2-12(23)3-5-13/h2-8H,9-10H2,1H3,(H,24,26)(H,27,28)/b16-8+. The summed E-state index contributed by atoms with van der Waals surface area (Å²) in [5, 5.41) is 10.7. The van der Waals surface area contributed by atoms with Crippen molar-refractivity contribution in [3.8, 4) is 11.5 Å². The van der Waals surface area contributed by atoms with Crippen molar-refractivity contribution in [1.29, 1.82) is 0 Å². The number of carbonyl (C=O) groups excluding carboxylic acids is 3. The highest BCUT2D eigenvalue weighted by molar-refractivity contribution is 9.10. The third-order valence-electron chi connectivity index (χ3n) is 4.19. The van der Waals surface area contributed by atoms with Gasteiger partial charge in [-0.05, 0) is 75.7 Å². The molecule has 0 unspecified atom stereocenters. The van der Waals surface area contributed by atoms with Gasteiger partial charge in [-0.3, -0.25) is 24.1 Å². The number of methoxy groups -OCH3 is 1. The first kappa shape index (κ1) is 24.3. The first-order valence-electron chi connectivity index (χ1n) is 9.21. The van der Waals surface area contributed by atoms with Gasteiger partial charge < -0.3 is 19.9 Å². The number of carboxylic acids is 1. The number of anilines is 1. The second-order valence-corrected chi connectivity index (χ2v) is 8.39. The summed E-state index contributed by atoms with van der Waals surface area (Å²) in [5.41, 5.74) is 0.880. The SMILES string of the molecule is COc1cc(/C=C2/SC(=O)N(CC(=O)O)C2=O)cc(Br)c1OCC(=O)Nc1ccc(F)cc1. The number of carboxylic acid groups (broad SMARTS) is 1. The summed E-state index contributed by atoms with van der Waals surface area (Å²) < 4.78 is 24.3. The number of carbonyl (C=O) groups is 4. The molecule has 0 saturated carbocycles. The largest absolute Gasteiger partial charge is 0.493 e. The van der Waals surface area contributed by atoms with E-state index in [2.05, 4.69) is 21.2 Å². The number of ether oxygens (including phenoxy) is 2. The van der Waals surface area contributed by atoms with Gasteiger partial charge in [0.2, 0.25) is 0 Å². The number of thioether (sulfide) groups is 1. The molecule has 12 heteroatoms. The van der Waals surface area contributed by atoms with E-state index in [9.17, 15) is 23.6 Å². The van der Waals surface area contributed by atoms with Gasteiger partial charge in [0, 0.05) is 5.69 Å². The third kappa shape index (κ3) is 6.11. The van der Waals surface area contributed by atoms with E-state index in [4.69, 9.17) is 14.6 Å². The summed E-state index contributed by atoms with van der Waals surface area (Å²) in [6, 6.07) is 8.37. The lowest BCUT2D eigenvalue weighted by Gasteiger charge is -2.14. The highest BCUT2D eigenvalue weighted by Crippen LogP contribution is 2.39. The van der Waals surface area contributed by atoms with E-state index < -0.39 is 35.4 Å². The van der Waals surface area contributed by atoms with Gasteiger partial charge in [0.1, 0.15) is 12.4 Å². The minimum atomic E-state index is -1.30. The summed E-state index contributed by atoms with van der Waals surface area (Å²) in [7, 11) is 1.39. The monoisotopic (exact) mass is 538 g/mol. The Morgan fingerprint density at radius 3 is 2.58 bits per heavy atom. The van der Waals surface area contributed by atoms with Gasteiger partial charge in [0.15, 0.2) is 18.1 Å². The zero-order chi connectivity index (χ0) is 24.1. The molecule has 172 valence electrons. The molecule has 2 N–H and O–H groups in total. The van der Waals surface area contributed by atoms with Crippen LogP contribution in [0.5, 0.6) is 11.5 Å². The number of hydrogen-bond acceptors (Lipinski definition) is 7. The highest BCUT2D eigenvalue weighted by Gasteiger charge is 2.36. The summed E-state index contributed by atoms with van der Waals surface area (Å²) in [4.78, 5) is 47.9. The molecular formula is C21H16BrFN2O7S. The normalized spacial score (nSPS) is 14.5. The van der Waals surface area contributed by atoms with Crippen molar-refractivity contribution in [3.63, 3.8) is 0 Å². The molecule has 2 aromatic rings. The van der Waals surface area contributed by atoms with E-state index in [1.54, 1.807) is 6.07 Å². The minimum absolute atomic E-state index is 0.0579. The summed E-state index contributed by atoms with van der Waals surface area (Å²) >= 11 is 3.96. The molecular weight excluding hydrogens is 523 g/mol. The van der Waals surface area contributed by atoms with E-state index in [1.165, 1.54) is 43.5 Å². The van der Waals surface area contributed by atoms with Crippen LogP contribution in [-0.2, 0) is 14.4 Å². The Morgan fingerprint density at radius 2 is 1.94 bits per heavy atom. The molecule has 33 heavy (non-hydrogen) atoms. The van der Waals surface area contributed by atoms with E-state index >= 15 is 0 Å². The number of nitrogens with one attached hydrogen (secondary N) is 1. The zero-order valence-electron chi connectivity index (χ0n) is 17.0. The van der Waals surface area contributed by atoms with Crippen molar-refractivity contribution < 1.29 is 38.1 Å². The van der Waals surface area contributed by atoms with Gasteiger partial charge in [-0.2, -0.15) is 0 Å². The maximum atomic E-state index is 13.0. The Kier molecular flexibility index (Phi) is 7.71. The Morgan fingerprint density at radius 1 is 1.24 bits per heavy atom. The fourth-order valence-corrected chi connectivity index (χ4v) is 4.17. The van der Waals surface area contributed by atoms with Crippen molar-refractivity contribution in [2.24, 2.45) is 0 Å². The molecule has 1 saturated heterocycles. The van der Waals surface area contributed by atoms with Crippen LogP contribution in [0.15, 0.2) is 45.8 Å². The average Bonchev–Trinajstić information content (AvgIpc) is 3.01. The number of imide groups is 1. The van der Waals surface area contributed by atoms with Crippen molar-refractivity contribution in [2.75, 3.05) is 25.6 Å². The molecule has 0 aromatic heterocycles. The maximum Gasteiger partial charge on any atom is 0.323 e. The molecule has 0 radical (unpaired) electrons. The van der Waals surface area contributed by atoms with E-state index in [1.807, 2.05) is 0 Å². The smallest absolute Gasteiger partial charge is 0.323 e. The molecule has 3 amide bonds. The predicted molar refractivity (Wildman–Crippen MR) is 122 cm³/mol. The summed E-state index contributed by atoms with van der Waals surface area (Å²) in [6.45, 7) is -1.08. The van der Waals surface area contributed by atoms with Gasteiger partial charge in [-0.15, -0.1) is 0 Å². The lowest BCUT2D eigenvalue weighted by Crippen LogP contribution is -2.33. The highest BCUT2D eigenvalue weighted by atomic mass is 79.9. The van der Waals surface area contributed by atoms with Crippen LogP contribution in [0.4, 0.5) is 14.9 Å². The lowest BCUT2D eigenvalue weighted by molar-refractivity contribution is -0.140. The number of hydrogen-bond donors (Lipinski definition) is 2. The van der Waals surface area contributed by atoms with Crippen molar-refractivity contribution >= 4 is 62.5 Å². The summed E-state index contributed by atoms with van der Waals surface area (Å²) in [5.74, 6) is -2.44. The minimum Gasteiger partial charge on any atom is -0.493 e. The topological polar surface area (TPSA) is 122 Å². The number of benzene rings is 2.